The Morgan fingerprint density at radius 3 is 3.13 bits per heavy atom. The lowest BCUT2D eigenvalue weighted by molar-refractivity contribution is 0.111. The van der Waals surface area contributed by atoms with Gasteiger partial charge >= 0.3 is 0 Å². The van der Waals surface area contributed by atoms with E-state index in [2.05, 4.69) is 4.90 Å². The molecule has 0 bridgehead atoms. The van der Waals surface area contributed by atoms with Gasteiger partial charge in [0, 0.05) is 12.6 Å². The van der Waals surface area contributed by atoms with Crippen LogP contribution in [0.15, 0.2) is 22.8 Å². The molecule has 0 amide bonds. The monoisotopic (exact) mass is 210 g/mol. The number of aliphatic hydroxyl groups excluding tert-OH is 1. The lowest BCUT2D eigenvalue weighted by atomic mass is 10.1. The van der Waals surface area contributed by atoms with Crippen LogP contribution >= 0.6 is 0 Å². The van der Waals surface area contributed by atoms with E-state index < -0.39 is 0 Å². The van der Waals surface area contributed by atoms with E-state index in [9.17, 15) is 5.11 Å². The molecule has 0 aliphatic carbocycles. The van der Waals surface area contributed by atoms with Crippen molar-refractivity contribution in [3.05, 3.63) is 24.2 Å². The number of hydrogen-bond donors (Lipinski definition) is 2. The van der Waals surface area contributed by atoms with Crippen molar-refractivity contribution in [3.8, 4) is 0 Å². The Labute approximate surface area is 89.7 Å². The van der Waals surface area contributed by atoms with E-state index in [1.54, 1.807) is 6.26 Å². The van der Waals surface area contributed by atoms with Gasteiger partial charge in [0.2, 0.25) is 0 Å². The number of rotatable bonds is 4. The summed E-state index contributed by atoms with van der Waals surface area (Å²) in [6, 6.07) is 4.18. The van der Waals surface area contributed by atoms with Gasteiger partial charge in [0.25, 0.3) is 0 Å². The van der Waals surface area contributed by atoms with Crippen molar-refractivity contribution in [1.82, 2.24) is 4.90 Å². The summed E-state index contributed by atoms with van der Waals surface area (Å²) in [5.74, 6) is 0.901. The molecule has 1 aromatic rings. The fourth-order valence-corrected chi connectivity index (χ4v) is 2.36. The number of furan rings is 1. The molecule has 4 nitrogen and oxygen atoms in total. The normalized spacial score (nSPS) is 24.5. The highest BCUT2D eigenvalue weighted by atomic mass is 16.3. The average molecular weight is 210 g/mol. The number of hydrogen-bond acceptors (Lipinski definition) is 4. The first-order valence-corrected chi connectivity index (χ1v) is 5.47. The Morgan fingerprint density at radius 2 is 2.53 bits per heavy atom. The maximum absolute atomic E-state index is 9.27. The lowest BCUT2D eigenvalue weighted by Gasteiger charge is -2.29. The fraction of sp³-hybridized carbons (Fsp3) is 0.636. The molecule has 2 unspecified atom stereocenters. The van der Waals surface area contributed by atoms with Gasteiger partial charge in [-0.2, -0.15) is 0 Å². The van der Waals surface area contributed by atoms with Crippen LogP contribution in [0.5, 0.6) is 0 Å². The first-order valence-electron chi connectivity index (χ1n) is 5.47. The second-order valence-electron chi connectivity index (χ2n) is 3.98. The van der Waals surface area contributed by atoms with Crippen LogP contribution in [0.2, 0.25) is 0 Å². The van der Waals surface area contributed by atoms with E-state index >= 15 is 0 Å². The molecule has 0 saturated carbocycles. The van der Waals surface area contributed by atoms with Crippen LogP contribution in [0.1, 0.15) is 24.6 Å². The molecule has 1 aliphatic heterocycles. The zero-order chi connectivity index (χ0) is 10.7. The highest BCUT2D eigenvalue weighted by Gasteiger charge is 2.31. The minimum Gasteiger partial charge on any atom is -0.468 e. The van der Waals surface area contributed by atoms with E-state index in [0.29, 0.717) is 6.54 Å². The average Bonchev–Trinajstić information content (AvgIpc) is 2.89. The van der Waals surface area contributed by atoms with E-state index in [1.165, 1.54) is 0 Å². The summed E-state index contributed by atoms with van der Waals surface area (Å²) < 4.78 is 5.39. The predicted octanol–water partition coefficient (Wildman–Crippen LogP) is 0.736. The maximum Gasteiger partial charge on any atom is 0.122 e. The van der Waals surface area contributed by atoms with E-state index in [0.717, 1.165) is 25.1 Å². The zero-order valence-electron chi connectivity index (χ0n) is 8.80. The summed E-state index contributed by atoms with van der Waals surface area (Å²) in [7, 11) is 0. The van der Waals surface area contributed by atoms with Crippen molar-refractivity contribution in [2.24, 2.45) is 5.73 Å². The summed E-state index contributed by atoms with van der Waals surface area (Å²) in [4.78, 5) is 2.25. The smallest absolute Gasteiger partial charge is 0.122 e. The third-order valence-corrected chi connectivity index (χ3v) is 3.13. The second kappa shape index (κ2) is 4.79. The third-order valence-electron chi connectivity index (χ3n) is 3.13. The topological polar surface area (TPSA) is 62.6 Å². The maximum atomic E-state index is 9.27. The van der Waals surface area contributed by atoms with Gasteiger partial charge in [-0.15, -0.1) is 0 Å². The van der Waals surface area contributed by atoms with Crippen LogP contribution in [0.25, 0.3) is 0 Å². The van der Waals surface area contributed by atoms with Gasteiger partial charge in [0.1, 0.15) is 5.76 Å². The zero-order valence-corrected chi connectivity index (χ0v) is 8.80. The third kappa shape index (κ3) is 2.07. The molecule has 84 valence electrons. The molecule has 3 N–H and O–H groups in total. The van der Waals surface area contributed by atoms with Gasteiger partial charge in [0.15, 0.2) is 0 Å². The van der Waals surface area contributed by atoms with Gasteiger partial charge in [-0.1, -0.05) is 0 Å². The summed E-state index contributed by atoms with van der Waals surface area (Å²) in [5, 5.41) is 9.27. The minimum absolute atomic E-state index is 0.111. The Kier molecular flexibility index (Phi) is 3.41. The molecule has 0 spiro atoms. The van der Waals surface area contributed by atoms with Crippen LogP contribution in [-0.2, 0) is 0 Å². The van der Waals surface area contributed by atoms with Crippen molar-refractivity contribution < 1.29 is 9.52 Å². The molecular formula is C11H18N2O2. The molecule has 1 aromatic heterocycles. The Bertz CT molecular complexity index is 287. The summed E-state index contributed by atoms with van der Waals surface area (Å²) in [6.45, 7) is 1.73. The molecule has 15 heavy (non-hydrogen) atoms. The molecule has 2 atom stereocenters. The Balaban J connectivity index is 2.12. The first kappa shape index (κ1) is 10.7. The number of likely N-dealkylation sites (tertiary alicyclic amines) is 1. The Morgan fingerprint density at radius 1 is 1.67 bits per heavy atom. The van der Waals surface area contributed by atoms with Crippen molar-refractivity contribution in [3.63, 3.8) is 0 Å². The molecule has 1 fully saturated rings. The van der Waals surface area contributed by atoms with Crippen LogP contribution in [-0.4, -0.2) is 35.7 Å². The highest BCUT2D eigenvalue weighted by molar-refractivity contribution is 5.06. The van der Waals surface area contributed by atoms with E-state index in [1.807, 2.05) is 12.1 Å². The number of nitrogens with zero attached hydrogens (tertiary/aromatic N) is 1. The number of nitrogens with two attached hydrogens (primary N) is 1. The largest absolute Gasteiger partial charge is 0.468 e. The molecule has 1 saturated heterocycles. The second-order valence-corrected chi connectivity index (χ2v) is 3.98. The summed E-state index contributed by atoms with van der Waals surface area (Å²) >= 11 is 0. The van der Waals surface area contributed by atoms with Crippen molar-refractivity contribution in [2.45, 2.75) is 24.9 Å². The molecule has 1 aliphatic rings. The van der Waals surface area contributed by atoms with E-state index in [-0.39, 0.29) is 18.7 Å². The van der Waals surface area contributed by atoms with Crippen LogP contribution < -0.4 is 5.73 Å². The molecule has 0 aromatic carbocycles. The summed E-state index contributed by atoms with van der Waals surface area (Å²) in [6.07, 6.45) is 3.85. The predicted molar refractivity (Wildman–Crippen MR) is 57.3 cm³/mol. The van der Waals surface area contributed by atoms with Crippen molar-refractivity contribution >= 4 is 0 Å². The molecule has 4 heteroatoms. The first-order chi connectivity index (χ1) is 7.36. The lowest BCUT2D eigenvalue weighted by Crippen LogP contribution is -2.39. The van der Waals surface area contributed by atoms with E-state index in [4.69, 9.17) is 10.2 Å². The van der Waals surface area contributed by atoms with Gasteiger partial charge in [0.05, 0.1) is 18.9 Å². The number of aliphatic hydroxyl groups is 1. The molecule has 2 heterocycles. The van der Waals surface area contributed by atoms with Crippen LogP contribution in [0, 0.1) is 0 Å². The molecular weight excluding hydrogens is 192 g/mol. The SMILES string of the molecule is NCC(c1ccco1)N1CCCC1CO. The van der Waals surface area contributed by atoms with Gasteiger partial charge in [-0.25, -0.2) is 0 Å². The van der Waals surface area contributed by atoms with Crippen molar-refractivity contribution in [1.29, 1.82) is 0 Å². The van der Waals surface area contributed by atoms with Gasteiger partial charge in [-0.05, 0) is 31.5 Å². The minimum atomic E-state index is 0.111. The van der Waals surface area contributed by atoms with Gasteiger partial charge in [-0.3, -0.25) is 4.90 Å². The van der Waals surface area contributed by atoms with Crippen LogP contribution in [0.4, 0.5) is 0 Å². The van der Waals surface area contributed by atoms with Crippen molar-refractivity contribution in [2.75, 3.05) is 19.7 Å². The fourth-order valence-electron chi connectivity index (χ4n) is 2.36. The van der Waals surface area contributed by atoms with Gasteiger partial charge < -0.3 is 15.3 Å². The molecule has 0 radical (unpaired) electrons. The summed E-state index contributed by atoms with van der Waals surface area (Å²) in [5.41, 5.74) is 5.78. The standard InChI is InChI=1S/C11H18N2O2/c12-7-10(11-4-2-6-15-11)13-5-1-3-9(13)8-14/h2,4,6,9-10,14H,1,3,5,7-8,12H2. The highest BCUT2D eigenvalue weighted by Crippen LogP contribution is 2.28. The Hall–Kier alpha value is -0.840. The quantitative estimate of drug-likeness (QED) is 0.769. The van der Waals surface area contributed by atoms with Crippen LogP contribution in [0.3, 0.4) is 0 Å². The molecule has 2 rings (SSSR count).